The van der Waals surface area contributed by atoms with E-state index in [2.05, 4.69) is 5.10 Å². The van der Waals surface area contributed by atoms with Crippen molar-refractivity contribution < 1.29 is 17.7 Å². The van der Waals surface area contributed by atoms with Crippen LogP contribution in [0.25, 0.3) is 0 Å². The predicted molar refractivity (Wildman–Crippen MR) is 33.7 cm³/mol. The molecule has 0 aliphatic carbocycles. The Morgan fingerprint density at radius 2 is 2.08 bits per heavy atom. The summed E-state index contributed by atoms with van der Waals surface area (Å²) in [6, 6.07) is 0. The van der Waals surface area contributed by atoms with Crippen molar-refractivity contribution in [2.45, 2.75) is 19.3 Å². The molecule has 0 spiro atoms. The minimum atomic E-state index is -4.62. The first-order valence-electron chi connectivity index (χ1n) is 3.28. The van der Waals surface area contributed by atoms with Crippen molar-refractivity contribution in [3.8, 4) is 0 Å². The van der Waals surface area contributed by atoms with Crippen LogP contribution in [0.4, 0.5) is 17.7 Å². The molecule has 1 rings (SSSR count). The summed E-state index contributed by atoms with van der Waals surface area (Å²) in [5, 5.41) is 3.39. The first kappa shape index (κ1) is 9.08. The van der Waals surface area contributed by atoms with Gasteiger partial charge in [-0.05, 0) is 6.92 Å². The average Bonchev–Trinajstić information content (AvgIpc) is 2.29. The lowest BCUT2D eigenvalue weighted by molar-refractivity contribution is -0.231. The van der Waals surface area contributed by atoms with Crippen molar-refractivity contribution in [3.63, 3.8) is 0 Å². The summed E-state index contributed by atoms with van der Waals surface area (Å²) in [6.45, 7) is 1.48. The summed E-state index contributed by atoms with van der Waals surface area (Å²) in [5.74, 6) is 0. The molecule has 1 unspecified atom stereocenters. The molecule has 0 amide bonds. The van der Waals surface area contributed by atoms with Crippen LogP contribution in [0.1, 0.15) is 6.92 Å². The zero-order valence-corrected chi connectivity index (χ0v) is 6.22. The van der Waals surface area contributed by atoms with Gasteiger partial charge in [-0.3, -0.25) is 5.01 Å². The molecule has 0 aromatic heterocycles. The van der Waals surface area contributed by atoms with E-state index in [0.29, 0.717) is 11.3 Å². The summed E-state index contributed by atoms with van der Waals surface area (Å²) in [5.41, 5.74) is 0. The van der Waals surface area contributed by atoms with Gasteiger partial charge >= 0.3 is 6.18 Å². The Hall–Kier alpha value is -1.01. The first-order chi connectivity index (χ1) is 5.46. The molecular weight excluding hydrogens is 178 g/mol. The molecule has 0 bridgehead atoms. The van der Waals surface area contributed by atoms with Gasteiger partial charge in [0.2, 0.25) is 6.17 Å². The monoisotopic (exact) mass is 185 g/mol. The van der Waals surface area contributed by atoms with Crippen LogP contribution in [0, 0.1) is 0 Å². The fraction of sp³-hybridized carbons (Fsp3) is 0.800. The summed E-state index contributed by atoms with van der Waals surface area (Å²) >= 11 is 0. The topological polar surface area (TPSA) is 18.8 Å². The lowest BCUT2D eigenvalue weighted by atomic mass is 10.4. The second kappa shape index (κ2) is 2.80. The fourth-order valence-corrected chi connectivity index (χ4v) is 0.933. The Bertz CT molecular complexity index is 190. The molecule has 0 N–H and O–H groups in total. The summed E-state index contributed by atoms with van der Waals surface area (Å²) in [7, 11) is 0. The molecule has 1 heterocycles. The van der Waals surface area contributed by atoms with Crippen molar-refractivity contribution >= 4 is 6.34 Å². The zero-order valence-electron chi connectivity index (χ0n) is 6.22. The van der Waals surface area contributed by atoms with E-state index >= 15 is 0 Å². The lowest BCUT2D eigenvalue weighted by Gasteiger charge is -2.25. The average molecular weight is 185 g/mol. The number of hydrogen-bond donors (Lipinski definition) is 0. The molecule has 0 fully saturated rings. The zero-order chi connectivity index (χ0) is 9.35. The van der Waals surface area contributed by atoms with Crippen LogP contribution >= 0.6 is 0 Å². The van der Waals surface area contributed by atoms with Crippen molar-refractivity contribution in [1.29, 1.82) is 0 Å². The van der Waals surface area contributed by atoms with E-state index in [1.54, 1.807) is 0 Å². The molecule has 1 atom stereocenters. The highest BCUT2D eigenvalue weighted by molar-refractivity contribution is 5.55. The van der Waals surface area contributed by atoms with Crippen LogP contribution in [0.15, 0.2) is 5.10 Å². The van der Waals surface area contributed by atoms with Crippen molar-refractivity contribution in [1.82, 2.24) is 10.1 Å². The van der Waals surface area contributed by atoms with E-state index in [9.17, 15) is 17.7 Å². The molecule has 0 aromatic rings. The Labute approximate surface area is 66.2 Å². The van der Waals surface area contributed by atoms with Gasteiger partial charge in [-0.2, -0.15) is 23.4 Å². The summed E-state index contributed by atoms with van der Waals surface area (Å²) in [4.78, 5) is 0. The van der Waals surface area contributed by atoms with Crippen LogP contribution in [0.3, 0.4) is 0 Å². The standard InChI is InChI=1S/C5H7F4N3/c1-2-12-4(5(6,7)8)11(9)3-10-12/h3-4H,2H2,1H3. The Morgan fingerprint density at radius 3 is 2.42 bits per heavy atom. The third-order valence-electron chi connectivity index (χ3n) is 1.44. The van der Waals surface area contributed by atoms with Gasteiger partial charge in [-0.25, -0.2) is 0 Å². The highest BCUT2D eigenvalue weighted by atomic mass is 19.4. The highest BCUT2D eigenvalue weighted by Crippen LogP contribution is 2.29. The molecule has 0 radical (unpaired) electrons. The van der Waals surface area contributed by atoms with Crippen molar-refractivity contribution in [2.24, 2.45) is 5.10 Å². The number of hydrogen-bond acceptors (Lipinski definition) is 3. The Kier molecular flexibility index (Phi) is 2.12. The maximum Gasteiger partial charge on any atom is 0.431 e. The third kappa shape index (κ3) is 1.44. The Balaban J connectivity index is 2.75. The molecule has 0 saturated carbocycles. The third-order valence-corrected chi connectivity index (χ3v) is 1.44. The van der Waals surface area contributed by atoms with Crippen LogP contribution in [-0.4, -0.2) is 35.4 Å². The smallest absolute Gasteiger partial charge is 0.262 e. The fourth-order valence-electron chi connectivity index (χ4n) is 0.933. The predicted octanol–water partition coefficient (Wildman–Crippen LogP) is 1.34. The molecule has 7 heteroatoms. The van der Waals surface area contributed by atoms with Crippen molar-refractivity contribution in [3.05, 3.63) is 0 Å². The second-order valence-electron chi connectivity index (χ2n) is 2.25. The van der Waals surface area contributed by atoms with Crippen LogP contribution < -0.4 is 0 Å². The van der Waals surface area contributed by atoms with E-state index < -0.39 is 17.5 Å². The normalized spacial score (nSPS) is 23.9. The van der Waals surface area contributed by atoms with Gasteiger partial charge in [0.1, 0.15) is 6.34 Å². The van der Waals surface area contributed by atoms with E-state index in [1.807, 2.05) is 0 Å². The van der Waals surface area contributed by atoms with E-state index in [0.717, 1.165) is 0 Å². The maximum absolute atomic E-state index is 12.4. The van der Waals surface area contributed by atoms with Crippen molar-refractivity contribution in [2.75, 3.05) is 6.54 Å². The maximum atomic E-state index is 12.4. The van der Waals surface area contributed by atoms with Crippen LogP contribution in [-0.2, 0) is 0 Å². The van der Waals surface area contributed by atoms with Crippen LogP contribution in [0.2, 0.25) is 0 Å². The Morgan fingerprint density at radius 1 is 1.50 bits per heavy atom. The van der Waals surface area contributed by atoms with E-state index in [1.165, 1.54) is 6.92 Å². The molecule has 3 nitrogen and oxygen atoms in total. The number of hydrazone groups is 1. The minimum absolute atomic E-state index is 0.0150. The molecular formula is C5H7F4N3. The van der Waals surface area contributed by atoms with Gasteiger partial charge < -0.3 is 0 Å². The van der Waals surface area contributed by atoms with Gasteiger partial charge in [-0.15, -0.1) is 0 Å². The molecule has 70 valence electrons. The number of rotatable bonds is 1. The van der Waals surface area contributed by atoms with E-state index in [4.69, 9.17) is 0 Å². The molecule has 0 aromatic carbocycles. The van der Waals surface area contributed by atoms with Crippen LogP contribution in [0.5, 0.6) is 0 Å². The molecule has 12 heavy (non-hydrogen) atoms. The lowest BCUT2D eigenvalue weighted by Crippen LogP contribution is -2.47. The molecule has 1 aliphatic rings. The van der Waals surface area contributed by atoms with E-state index in [-0.39, 0.29) is 6.54 Å². The SMILES string of the molecule is CCN1N=CN(F)C1C(F)(F)F. The number of alkyl halides is 3. The second-order valence-corrected chi connectivity index (χ2v) is 2.25. The van der Waals surface area contributed by atoms with Gasteiger partial charge in [0.05, 0.1) is 0 Å². The largest absolute Gasteiger partial charge is 0.431 e. The van der Waals surface area contributed by atoms with Gasteiger partial charge in [0.25, 0.3) is 0 Å². The van der Waals surface area contributed by atoms with Gasteiger partial charge in [0, 0.05) is 6.54 Å². The summed E-state index contributed by atoms with van der Waals surface area (Å²) in [6.07, 6.45) is -6.37. The molecule has 1 aliphatic heterocycles. The molecule has 0 saturated heterocycles. The summed E-state index contributed by atoms with van der Waals surface area (Å²) < 4.78 is 48.6. The number of nitrogens with zero attached hydrogens (tertiary/aromatic N) is 3. The number of halogens is 4. The van der Waals surface area contributed by atoms with Gasteiger partial charge in [0.15, 0.2) is 0 Å². The first-order valence-corrected chi connectivity index (χ1v) is 3.28. The quantitative estimate of drug-likeness (QED) is 0.453. The van der Waals surface area contributed by atoms with Gasteiger partial charge in [-0.1, -0.05) is 4.48 Å². The highest BCUT2D eigenvalue weighted by Gasteiger charge is 2.50. The minimum Gasteiger partial charge on any atom is -0.262 e.